The molecule has 2 aromatic heterocycles. The molecule has 1 amide bonds. The van der Waals surface area contributed by atoms with E-state index in [0.717, 1.165) is 72.1 Å². The topological polar surface area (TPSA) is 98.2 Å². The number of nitrogens with one attached hydrogen (secondary N) is 1. The van der Waals surface area contributed by atoms with Crippen molar-refractivity contribution in [2.75, 3.05) is 13.3 Å². The Morgan fingerprint density at radius 3 is 2.97 bits per heavy atom. The number of nitrogens with zero attached hydrogens (tertiary/aromatic N) is 5. The van der Waals surface area contributed by atoms with Crippen molar-refractivity contribution in [2.24, 2.45) is 0 Å². The first kappa shape index (κ1) is 16.6. The molecule has 1 N–H and O–H groups in total. The number of ether oxygens (including phenoxy) is 2. The SMILES string of the molecule is O=C(c1nnc2n1CCCC2)N1CCc2[nH]nc(-c3ccc4c(c3)OCO4)c2C1. The third kappa shape index (κ3) is 2.60. The van der Waals surface area contributed by atoms with Crippen LogP contribution < -0.4 is 9.47 Å². The number of H-pyrrole nitrogens is 1. The van der Waals surface area contributed by atoms with Gasteiger partial charge < -0.3 is 18.9 Å². The van der Waals surface area contributed by atoms with Crippen LogP contribution >= 0.6 is 0 Å². The number of hydrogen-bond donors (Lipinski definition) is 1. The van der Waals surface area contributed by atoms with Crippen LogP contribution in [0.1, 0.15) is 40.5 Å². The molecule has 3 aromatic rings. The first-order chi connectivity index (χ1) is 14.3. The van der Waals surface area contributed by atoms with Gasteiger partial charge in [0.05, 0.1) is 12.2 Å². The lowest BCUT2D eigenvalue weighted by molar-refractivity contribution is 0.0715. The van der Waals surface area contributed by atoms with E-state index in [1.54, 1.807) is 0 Å². The largest absolute Gasteiger partial charge is 0.454 e. The van der Waals surface area contributed by atoms with E-state index in [0.29, 0.717) is 18.9 Å². The molecule has 0 radical (unpaired) electrons. The first-order valence-corrected chi connectivity index (χ1v) is 9.95. The summed E-state index contributed by atoms with van der Waals surface area (Å²) in [5.74, 6) is 2.77. The number of benzene rings is 1. The van der Waals surface area contributed by atoms with E-state index in [-0.39, 0.29) is 12.7 Å². The third-order valence-electron chi connectivity index (χ3n) is 5.92. The van der Waals surface area contributed by atoms with Gasteiger partial charge in [0.1, 0.15) is 5.82 Å². The molecule has 0 saturated carbocycles. The van der Waals surface area contributed by atoms with Crippen molar-refractivity contribution in [3.8, 4) is 22.8 Å². The fourth-order valence-electron chi connectivity index (χ4n) is 4.36. The summed E-state index contributed by atoms with van der Waals surface area (Å²) in [5.41, 5.74) is 3.91. The van der Waals surface area contributed by atoms with E-state index in [1.165, 1.54) is 0 Å². The minimum Gasteiger partial charge on any atom is -0.454 e. The van der Waals surface area contributed by atoms with Gasteiger partial charge in [-0.1, -0.05) is 0 Å². The molecular weight excluding hydrogens is 372 g/mol. The summed E-state index contributed by atoms with van der Waals surface area (Å²) < 4.78 is 12.9. The van der Waals surface area contributed by atoms with E-state index in [1.807, 2.05) is 27.7 Å². The van der Waals surface area contributed by atoms with E-state index in [9.17, 15) is 4.79 Å². The zero-order chi connectivity index (χ0) is 19.4. The quantitative estimate of drug-likeness (QED) is 0.716. The highest BCUT2D eigenvalue weighted by atomic mass is 16.7. The Hall–Kier alpha value is -3.36. The lowest BCUT2D eigenvalue weighted by Gasteiger charge is -2.27. The highest BCUT2D eigenvalue weighted by Gasteiger charge is 2.30. The standard InChI is InChI=1S/C20H20N6O3/c27-20(19-24-22-17-3-1-2-7-26(17)19)25-8-6-14-13(10-25)18(23-21-14)12-4-5-15-16(9-12)29-11-28-15/h4-5,9H,1-3,6-8,10-11H2,(H,21,23). The minimum atomic E-state index is -0.0610. The number of carbonyl (C=O) groups excluding carboxylic acids is 1. The van der Waals surface area contributed by atoms with Gasteiger partial charge in [-0.3, -0.25) is 9.89 Å². The first-order valence-electron chi connectivity index (χ1n) is 9.95. The fourth-order valence-corrected chi connectivity index (χ4v) is 4.36. The van der Waals surface area contributed by atoms with Crippen LogP contribution in [-0.2, 0) is 25.9 Å². The molecule has 0 unspecified atom stereocenters. The predicted octanol–water partition coefficient (Wildman–Crippen LogP) is 1.93. The zero-order valence-electron chi connectivity index (χ0n) is 15.8. The fraction of sp³-hybridized carbons (Fsp3) is 0.400. The Balaban J connectivity index is 1.31. The van der Waals surface area contributed by atoms with Crippen molar-refractivity contribution in [3.05, 3.63) is 41.1 Å². The van der Waals surface area contributed by atoms with E-state index in [4.69, 9.17) is 9.47 Å². The molecule has 9 heteroatoms. The van der Waals surface area contributed by atoms with Gasteiger partial charge in [0.2, 0.25) is 12.6 Å². The smallest absolute Gasteiger partial charge is 0.292 e. The zero-order valence-corrected chi connectivity index (χ0v) is 15.8. The molecule has 0 fully saturated rings. The number of fused-ring (bicyclic) bond motifs is 3. The van der Waals surface area contributed by atoms with E-state index >= 15 is 0 Å². The van der Waals surface area contributed by atoms with Gasteiger partial charge in [0, 0.05) is 42.8 Å². The molecule has 3 aliphatic heterocycles. The molecular formula is C20H20N6O3. The molecule has 0 atom stereocenters. The maximum absolute atomic E-state index is 13.2. The molecule has 3 aliphatic rings. The van der Waals surface area contributed by atoms with Crippen LogP contribution in [0.5, 0.6) is 11.5 Å². The number of amides is 1. The maximum atomic E-state index is 13.2. The molecule has 0 aliphatic carbocycles. The Labute approximate surface area is 166 Å². The molecule has 29 heavy (non-hydrogen) atoms. The summed E-state index contributed by atoms with van der Waals surface area (Å²) in [6.07, 6.45) is 3.79. The second-order valence-electron chi connectivity index (χ2n) is 7.62. The number of carbonyl (C=O) groups is 1. The highest BCUT2D eigenvalue weighted by molar-refractivity contribution is 5.91. The van der Waals surface area contributed by atoms with Crippen LogP contribution in [0.4, 0.5) is 0 Å². The van der Waals surface area contributed by atoms with Gasteiger partial charge in [0.15, 0.2) is 11.5 Å². The van der Waals surface area contributed by atoms with E-state index < -0.39 is 0 Å². The van der Waals surface area contributed by atoms with Crippen molar-refractivity contribution in [1.29, 1.82) is 0 Å². The number of hydrogen-bond acceptors (Lipinski definition) is 6. The number of rotatable bonds is 2. The molecule has 5 heterocycles. The van der Waals surface area contributed by atoms with Crippen LogP contribution in [0, 0.1) is 0 Å². The second-order valence-corrected chi connectivity index (χ2v) is 7.62. The second kappa shape index (κ2) is 6.33. The van der Waals surface area contributed by atoms with Crippen LogP contribution in [0.15, 0.2) is 18.2 Å². The van der Waals surface area contributed by atoms with Crippen LogP contribution in [0.3, 0.4) is 0 Å². The van der Waals surface area contributed by atoms with Gasteiger partial charge in [-0.15, -0.1) is 10.2 Å². The monoisotopic (exact) mass is 392 g/mol. The molecule has 148 valence electrons. The predicted molar refractivity (Wildman–Crippen MR) is 102 cm³/mol. The average Bonchev–Trinajstić information content (AvgIpc) is 3.49. The van der Waals surface area contributed by atoms with Gasteiger partial charge in [0.25, 0.3) is 5.91 Å². The summed E-state index contributed by atoms with van der Waals surface area (Å²) >= 11 is 0. The van der Waals surface area contributed by atoms with Crippen molar-refractivity contribution < 1.29 is 14.3 Å². The van der Waals surface area contributed by atoms with Crippen molar-refractivity contribution >= 4 is 5.91 Å². The van der Waals surface area contributed by atoms with Crippen LogP contribution in [0.25, 0.3) is 11.3 Å². The number of aromatic amines is 1. The van der Waals surface area contributed by atoms with E-state index in [2.05, 4.69) is 20.4 Å². The molecule has 9 nitrogen and oxygen atoms in total. The van der Waals surface area contributed by atoms with Gasteiger partial charge in [-0.2, -0.15) is 5.10 Å². The lowest BCUT2D eigenvalue weighted by atomic mass is 10.0. The van der Waals surface area contributed by atoms with Gasteiger partial charge in [-0.25, -0.2) is 0 Å². The summed E-state index contributed by atoms with van der Waals surface area (Å²) in [4.78, 5) is 15.0. The molecule has 1 aromatic carbocycles. The normalized spacial score (nSPS) is 17.2. The summed E-state index contributed by atoms with van der Waals surface area (Å²) in [5, 5.41) is 16.1. The third-order valence-corrected chi connectivity index (χ3v) is 5.92. The molecule has 6 rings (SSSR count). The minimum absolute atomic E-state index is 0.0610. The lowest BCUT2D eigenvalue weighted by Crippen LogP contribution is -2.37. The van der Waals surface area contributed by atoms with Crippen molar-refractivity contribution in [3.63, 3.8) is 0 Å². The number of aromatic nitrogens is 5. The van der Waals surface area contributed by atoms with Gasteiger partial charge >= 0.3 is 0 Å². The van der Waals surface area contributed by atoms with Crippen LogP contribution in [-0.4, -0.2) is 49.1 Å². The Morgan fingerprint density at radius 2 is 2.00 bits per heavy atom. The molecule has 0 saturated heterocycles. The van der Waals surface area contributed by atoms with Crippen molar-refractivity contribution in [1.82, 2.24) is 29.9 Å². The Bertz CT molecular complexity index is 1120. The highest BCUT2D eigenvalue weighted by Crippen LogP contribution is 2.37. The van der Waals surface area contributed by atoms with Crippen LogP contribution in [0.2, 0.25) is 0 Å². The number of aryl methyl sites for hydroxylation is 1. The van der Waals surface area contributed by atoms with Gasteiger partial charge in [-0.05, 0) is 31.0 Å². The Morgan fingerprint density at radius 1 is 1.07 bits per heavy atom. The molecule has 0 bridgehead atoms. The average molecular weight is 392 g/mol. The maximum Gasteiger partial charge on any atom is 0.292 e. The Kier molecular flexibility index (Phi) is 3.62. The summed E-state index contributed by atoms with van der Waals surface area (Å²) in [6.45, 7) is 2.19. The molecule has 0 spiro atoms. The van der Waals surface area contributed by atoms with Crippen molar-refractivity contribution in [2.45, 2.75) is 38.8 Å². The summed E-state index contributed by atoms with van der Waals surface area (Å²) in [6, 6.07) is 5.81. The summed E-state index contributed by atoms with van der Waals surface area (Å²) in [7, 11) is 0.